The summed E-state index contributed by atoms with van der Waals surface area (Å²) < 4.78 is 67.0. The standard InChI is InChI=1S/C13H16F2O7S/c14-13(15,23(18,19)20)11(17)22-12-2-1-7-3-8(5-12)10(16)21-9(4-7)6-12/h7-9H,1-6H2,(H,18,19,20). The highest BCUT2D eigenvalue weighted by molar-refractivity contribution is 7.87. The van der Waals surface area contributed by atoms with Crippen molar-refractivity contribution in [3.63, 3.8) is 0 Å². The van der Waals surface area contributed by atoms with Gasteiger partial charge >= 0.3 is 27.3 Å². The van der Waals surface area contributed by atoms with E-state index in [0.717, 1.165) is 0 Å². The molecule has 4 aliphatic rings. The Labute approximate surface area is 131 Å². The van der Waals surface area contributed by atoms with Gasteiger partial charge in [-0.2, -0.15) is 17.2 Å². The molecule has 4 unspecified atom stereocenters. The van der Waals surface area contributed by atoms with E-state index in [-0.39, 0.29) is 25.2 Å². The SMILES string of the molecule is O=C1OC2CC3CCC(OC(=O)C(F)(F)S(=O)(=O)O)(C2)CC1C3. The molecular formula is C13H16F2O7S. The van der Waals surface area contributed by atoms with Crippen molar-refractivity contribution in [1.82, 2.24) is 0 Å². The molecule has 4 bridgehead atoms. The lowest BCUT2D eigenvalue weighted by Crippen LogP contribution is -2.46. The van der Waals surface area contributed by atoms with Crippen LogP contribution in [-0.2, 0) is 29.2 Å². The van der Waals surface area contributed by atoms with Crippen LogP contribution in [0.3, 0.4) is 0 Å². The summed E-state index contributed by atoms with van der Waals surface area (Å²) in [6.07, 6.45) is 1.53. The Kier molecular flexibility index (Phi) is 3.67. The summed E-state index contributed by atoms with van der Waals surface area (Å²) >= 11 is 0. The van der Waals surface area contributed by atoms with Gasteiger partial charge in [-0.15, -0.1) is 0 Å². The van der Waals surface area contributed by atoms with Gasteiger partial charge in [0.2, 0.25) is 0 Å². The van der Waals surface area contributed by atoms with Crippen molar-refractivity contribution in [3.05, 3.63) is 0 Å². The fraction of sp³-hybridized carbons (Fsp3) is 0.846. The maximum Gasteiger partial charge on any atom is 0.465 e. The molecule has 4 rings (SSSR count). The monoisotopic (exact) mass is 354 g/mol. The minimum atomic E-state index is -5.92. The first-order valence-corrected chi connectivity index (χ1v) is 8.75. The van der Waals surface area contributed by atoms with Crippen LogP contribution in [0.15, 0.2) is 0 Å². The molecule has 2 aliphatic heterocycles. The molecule has 7 nitrogen and oxygen atoms in total. The van der Waals surface area contributed by atoms with Gasteiger partial charge in [0.15, 0.2) is 0 Å². The Morgan fingerprint density at radius 1 is 1.35 bits per heavy atom. The highest BCUT2D eigenvalue weighted by Crippen LogP contribution is 2.49. The minimum Gasteiger partial charge on any atom is -0.462 e. The number of hydrogen-bond acceptors (Lipinski definition) is 6. The number of esters is 2. The maximum absolute atomic E-state index is 13.5. The maximum atomic E-state index is 13.5. The highest BCUT2D eigenvalue weighted by atomic mass is 32.2. The van der Waals surface area contributed by atoms with Gasteiger partial charge in [0.25, 0.3) is 0 Å². The fourth-order valence-electron chi connectivity index (χ4n) is 3.92. The average molecular weight is 354 g/mol. The van der Waals surface area contributed by atoms with Crippen molar-refractivity contribution in [2.75, 3.05) is 0 Å². The smallest absolute Gasteiger partial charge is 0.462 e. The van der Waals surface area contributed by atoms with Crippen molar-refractivity contribution in [1.29, 1.82) is 0 Å². The molecule has 0 amide bonds. The van der Waals surface area contributed by atoms with Gasteiger partial charge in [-0.1, -0.05) is 0 Å². The molecule has 0 spiro atoms. The predicted octanol–water partition coefficient (Wildman–Crippen LogP) is 1.27. The topological polar surface area (TPSA) is 107 Å². The van der Waals surface area contributed by atoms with E-state index < -0.39 is 44.9 Å². The molecule has 2 aliphatic carbocycles. The number of halogens is 2. The summed E-state index contributed by atoms with van der Waals surface area (Å²) in [6.45, 7) is 0. The number of ether oxygens (including phenoxy) is 2. The van der Waals surface area contributed by atoms with Crippen molar-refractivity contribution in [3.8, 4) is 0 Å². The van der Waals surface area contributed by atoms with Crippen molar-refractivity contribution in [2.24, 2.45) is 11.8 Å². The van der Waals surface area contributed by atoms with E-state index in [1.54, 1.807) is 0 Å². The first kappa shape index (κ1) is 16.6. The average Bonchev–Trinajstić information content (AvgIpc) is 2.77. The third kappa shape index (κ3) is 2.82. The second-order valence-electron chi connectivity index (χ2n) is 6.60. The molecule has 10 heteroatoms. The molecule has 2 saturated carbocycles. The van der Waals surface area contributed by atoms with Crippen LogP contribution in [0, 0.1) is 11.8 Å². The molecule has 0 radical (unpaired) electrons. The number of alkyl halides is 2. The van der Waals surface area contributed by atoms with Crippen LogP contribution >= 0.6 is 0 Å². The van der Waals surface area contributed by atoms with E-state index in [2.05, 4.69) is 0 Å². The molecular weight excluding hydrogens is 338 g/mol. The van der Waals surface area contributed by atoms with Crippen LogP contribution in [0.1, 0.15) is 38.5 Å². The lowest BCUT2D eigenvalue weighted by atomic mass is 9.82. The van der Waals surface area contributed by atoms with Gasteiger partial charge in [-0.3, -0.25) is 9.35 Å². The zero-order chi connectivity index (χ0) is 17.0. The van der Waals surface area contributed by atoms with Gasteiger partial charge in [0, 0.05) is 12.8 Å². The van der Waals surface area contributed by atoms with Crippen molar-refractivity contribution >= 4 is 22.1 Å². The number of hydrogen-bond donors (Lipinski definition) is 1. The lowest BCUT2D eigenvalue weighted by molar-refractivity contribution is -0.181. The predicted molar refractivity (Wildman–Crippen MR) is 69.9 cm³/mol. The highest BCUT2D eigenvalue weighted by Gasteiger charge is 2.58. The zero-order valence-electron chi connectivity index (χ0n) is 12.0. The number of fused-ring (bicyclic) bond motifs is 2. The van der Waals surface area contributed by atoms with Gasteiger partial charge in [-0.25, -0.2) is 4.79 Å². The van der Waals surface area contributed by atoms with Gasteiger partial charge in [0.05, 0.1) is 5.92 Å². The van der Waals surface area contributed by atoms with E-state index in [9.17, 15) is 26.8 Å². The number of rotatable bonds is 3. The van der Waals surface area contributed by atoms with Crippen LogP contribution in [0.2, 0.25) is 0 Å². The van der Waals surface area contributed by atoms with Crippen LogP contribution in [0.4, 0.5) is 8.78 Å². The molecule has 2 saturated heterocycles. The molecule has 1 N–H and O–H groups in total. The summed E-state index contributed by atoms with van der Waals surface area (Å²) in [4.78, 5) is 23.6. The first-order valence-electron chi connectivity index (χ1n) is 7.31. The van der Waals surface area contributed by atoms with E-state index in [4.69, 9.17) is 14.0 Å². The van der Waals surface area contributed by atoms with Crippen molar-refractivity contribution < 1.29 is 40.8 Å². The Hall–Kier alpha value is -1.29. The Balaban J connectivity index is 1.90. The van der Waals surface area contributed by atoms with Crippen LogP contribution in [0.25, 0.3) is 0 Å². The second-order valence-corrected chi connectivity index (χ2v) is 8.07. The first-order chi connectivity index (χ1) is 10.5. The van der Waals surface area contributed by atoms with Gasteiger partial charge in [0.1, 0.15) is 11.7 Å². The lowest BCUT2D eigenvalue weighted by Gasteiger charge is -2.33. The van der Waals surface area contributed by atoms with E-state index in [1.165, 1.54) is 0 Å². The Morgan fingerprint density at radius 3 is 2.70 bits per heavy atom. The third-order valence-corrected chi connectivity index (χ3v) is 5.74. The zero-order valence-corrected chi connectivity index (χ0v) is 12.9. The van der Waals surface area contributed by atoms with Crippen LogP contribution in [0.5, 0.6) is 0 Å². The minimum absolute atomic E-state index is 0.0339. The Bertz CT molecular complexity index is 647. The summed E-state index contributed by atoms with van der Waals surface area (Å²) in [5.41, 5.74) is -1.36. The van der Waals surface area contributed by atoms with Crippen molar-refractivity contribution in [2.45, 2.75) is 55.5 Å². The molecule has 2 heterocycles. The Morgan fingerprint density at radius 2 is 2.04 bits per heavy atom. The molecule has 4 atom stereocenters. The molecule has 0 aromatic heterocycles. The van der Waals surface area contributed by atoms with Crippen LogP contribution in [-0.4, -0.2) is 41.9 Å². The largest absolute Gasteiger partial charge is 0.465 e. The fourth-order valence-corrected chi connectivity index (χ4v) is 4.17. The third-order valence-electron chi connectivity index (χ3n) is 4.93. The molecule has 0 aromatic rings. The molecule has 23 heavy (non-hydrogen) atoms. The molecule has 0 aromatic carbocycles. The number of carbonyl (C=O) groups excluding carboxylic acids is 2. The summed E-state index contributed by atoms with van der Waals surface area (Å²) in [5.74, 6) is -3.12. The number of carbonyl (C=O) groups is 2. The van der Waals surface area contributed by atoms with E-state index >= 15 is 0 Å². The quantitative estimate of drug-likeness (QED) is 0.601. The van der Waals surface area contributed by atoms with Gasteiger partial charge in [-0.05, 0) is 31.6 Å². The molecule has 130 valence electrons. The van der Waals surface area contributed by atoms with E-state index in [0.29, 0.717) is 19.3 Å². The summed E-state index contributed by atoms with van der Waals surface area (Å²) in [7, 11) is -5.92. The normalized spacial score (nSPS) is 37.0. The molecule has 4 fully saturated rings. The summed E-state index contributed by atoms with van der Waals surface area (Å²) in [6, 6.07) is 0. The summed E-state index contributed by atoms with van der Waals surface area (Å²) in [5, 5.41) is -5.04. The second kappa shape index (κ2) is 5.10. The van der Waals surface area contributed by atoms with Crippen LogP contribution < -0.4 is 0 Å². The van der Waals surface area contributed by atoms with Gasteiger partial charge < -0.3 is 9.47 Å². The van der Waals surface area contributed by atoms with E-state index in [1.807, 2.05) is 0 Å².